The fourth-order valence-corrected chi connectivity index (χ4v) is 2.11. The molecule has 3 rings (SSSR count). The number of pyridine rings is 2. The number of rotatable bonds is 2. The molecule has 0 saturated heterocycles. The Morgan fingerprint density at radius 2 is 2.17 bits per heavy atom. The zero-order valence-electron chi connectivity index (χ0n) is 10.2. The average Bonchev–Trinajstić information content (AvgIpc) is 2.87. The number of anilines is 1. The number of hydrogen-bond acceptors (Lipinski definition) is 3. The lowest BCUT2D eigenvalue weighted by atomic mass is 10.1. The van der Waals surface area contributed by atoms with Crippen LogP contribution in [-0.4, -0.2) is 14.6 Å². The molecule has 0 bridgehead atoms. The van der Waals surface area contributed by atoms with Gasteiger partial charge < -0.3 is 5.73 Å². The first-order chi connectivity index (χ1) is 8.79. The summed E-state index contributed by atoms with van der Waals surface area (Å²) >= 11 is 0. The van der Waals surface area contributed by atoms with Crippen LogP contribution in [0.1, 0.15) is 12.5 Å². The Balaban J connectivity index is 2.23. The van der Waals surface area contributed by atoms with E-state index in [1.54, 1.807) is 12.4 Å². The molecule has 0 atom stereocenters. The summed E-state index contributed by atoms with van der Waals surface area (Å²) in [5.74, 6) is 0.605. The Kier molecular flexibility index (Phi) is 2.48. The fourth-order valence-electron chi connectivity index (χ4n) is 2.11. The van der Waals surface area contributed by atoms with E-state index in [1.807, 2.05) is 28.8 Å². The van der Waals surface area contributed by atoms with Gasteiger partial charge in [0.15, 0.2) is 0 Å². The molecule has 0 fully saturated rings. The van der Waals surface area contributed by atoms with Crippen molar-refractivity contribution in [2.24, 2.45) is 0 Å². The molecule has 0 unspecified atom stereocenters. The van der Waals surface area contributed by atoms with E-state index in [0.717, 1.165) is 28.8 Å². The molecule has 0 aliphatic heterocycles. The summed E-state index contributed by atoms with van der Waals surface area (Å²) in [6, 6.07) is 10.1. The highest BCUT2D eigenvalue weighted by atomic mass is 15.2. The molecule has 0 aliphatic carbocycles. The number of nitrogens with two attached hydrogens (primary N) is 1. The van der Waals surface area contributed by atoms with Gasteiger partial charge in [-0.1, -0.05) is 13.0 Å². The standard InChI is InChI=1S/C14H14N4/c1-2-10-8-11(9-16-14(10)15)13-5-3-4-12-6-7-17-18(12)13/h3-9H,2H2,1H3,(H2,15,16). The van der Waals surface area contributed by atoms with Gasteiger partial charge in [0, 0.05) is 11.8 Å². The van der Waals surface area contributed by atoms with Crippen molar-refractivity contribution in [3.63, 3.8) is 0 Å². The average molecular weight is 238 g/mol. The van der Waals surface area contributed by atoms with Crippen LogP contribution in [0.25, 0.3) is 16.8 Å². The second kappa shape index (κ2) is 4.14. The van der Waals surface area contributed by atoms with Crippen molar-refractivity contribution in [3.05, 3.63) is 48.3 Å². The molecule has 4 heteroatoms. The molecule has 18 heavy (non-hydrogen) atoms. The minimum Gasteiger partial charge on any atom is -0.383 e. The molecule has 0 radical (unpaired) electrons. The van der Waals surface area contributed by atoms with E-state index in [0.29, 0.717) is 5.82 Å². The van der Waals surface area contributed by atoms with Gasteiger partial charge in [-0.25, -0.2) is 9.50 Å². The molecule has 0 amide bonds. The lowest BCUT2D eigenvalue weighted by Crippen LogP contribution is -1.99. The van der Waals surface area contributed by atoms with Crippen molar-refractivity contribution >= 4 is 11.3 Å². The predicted octanol–water partition coefficient (Wildman–Crippen LogP) is 2.54. The van der Waals surface area contributed by atoms with Gasteiger partial charge in [-0.15, -0.1) is 0 Å². The third-order valence-corrected chi connectivity index (χ3v) is 3.10. The maximum atomic E-state index is 5.84. The Bertz CT molecular complexity index is 700. The second-order valence-corrected chi connectivity index (χ2v) is 4.20. The Labute approximate surface area is 105 Å². The minimum absolute atomic E-state index is 0.605. The zero-order chi connectivity index (χ0) is 12.5. The van der Waals surface area contributed by atoms with Crippen LogP contribution in [0.15, 0.2) is 42.7 Å². The molecule has 0 aliphatic rings. The quantitative estimate of drug-likeness (QED) is 0.746. The van der Waals surface area contributed by atoms with Gasteiger partial charge >= 0.3 is 0 Å². The van der Waals surface area contributed by atoms with Gasteiger partial charge in [-0.3, -0.25) is 0 Å². The second-order valence-electron chi connectivity index (χ2n) is 4.20. The molecule has 0 aromatic carbocycles. The number of aryl methyl sites for hydroxylation is 1. The number of nitrogens with zero attached hydrogens (tertiary/aromatic N) is 3. The molecule has 3 aromatic heterocycles. The van der Waals surface area contributed by atoms with E-state index in [2.05, 4.69) is 23.1 Å². The number of aromatic nitrogens is 3. The van der Waals surface area contributed by atoms with Crippen molar-refractivity contribution in [1.82, 2.24) is 14.6 Å². The summed E-state index contributed by atoms with van der Waals surface area (Å²) in [6.07, 6.45) is 4.47. The molecular weight excluding hydrogens is 224 g/mol. The minimum atomic E-state index is 0.605. The van der Waals surface area contributed by atoms with Crippen LogP contribution in [0, 0.1) is 0 Å². The van der Waals surface area contributed by atoms with Crippen LogP contribution in [0.3, 0.4) is 0 Å². The number of fused-ring (bicyclic) bond motifs is 1. The van der Waals surface area contributed by atoms with E-state index >= 15 is 0 Å². The normalized spacial score (nSPS) is 10.9. The third kappa shape index (κ3) is 1.62. The lowest BCUT2D eigenvalue weighted by molar-refractivity contribution is 0.967. The van der Waals surface area contributed by atoms with Gasteiger partial charge in [-0.05, 0) is 36.2 Å². The van der Waals surface area contributed by atoms with Crippen molar-refractivity contribution < 1.29 is 0 Å². The Morgan fingerprint density at radius 3 is 3.00 bits per heavy atom. The predicted molar refractivity (Wildman–Crippen MR) is 72.2 cm³/mol. The van der Waals surface area contributed by atoms with Crippen molar-refractivity contribution in [1.29, 1.82) is 0 Å². The first-order valence-corrected chi connectivity index (χ1v) is 5.97. The van der Waals surface area contributed by atoms with Crippen molar-refractivity contribution in [2.45, 2.75) is 13.3 Å². The van der Waals surface area contributed by atoms with Crippen molar-refractivity contribution in [3.8, 4) is 11.3 Å². The summed E-state index contributed by atoms with van der Waals surface area (Å²) in [7, 11) is 0. The van der Waals surface area contributed by atoms with Gasteiger partial charge in [-0.2, -0.15) is 5.10 Å². The van der Waals surface area contributed by atoms with E-state index in [-0.39, 0.29) is 0 Å². The fraction of sp³-hybridized carbons (Fsp3) is 0.143. The lowest BCUT2D eigenvalue weighted by Gasteiger charge is -2.08. The molecule has 3 heterocycles. The number of hydrogen-bond donors (Lipinski definition) is 1. The zero-order valence-corrected chi connectivity index (χ0v) is 10.2. The first kappa shape index (κ1) is 10.8. The van der Waals surface area contributed by atoms with Crippen LogP contribution in [-0.2, 0) is 6.42 Å². The largest absolute Gasteiger partial charge is 0.383 e. The van der Waals surface area contributed by atoms with Crippen molar-refractivity contribution in [2.75, 3.05) is 5.73 Å². The van der Waals surface area contributed by atoms with Crippen LogP contribution in [0.2, 0.25) is 0 Å². The smallest absolute Gasteiger partial charge is 0.126 e. The molecule has 4 nitrogen and oxygen atoms in total. The molecule has 0 spiro atoms. The number of nitrogen functional groups attached to an aromatic ring is 1. The monoisotopic (exact) mass is 238 g/mol. The van der Waals surface area contributed by atoms with E-state index in [4.69, 9.17) is 5.73 Å². The summed E-state index contributed by atoms with van der Waals surface area (Å²) in [6.45, 7) is 2.08. The maximum Gasteiger partial charge on any atom is 0.126 e. The first-order valence-electron chi connectivity index (χ1n) is 5.97. The van der Waals surface area contributed by atoms with Crippen LogP contribution < -0.4 is 5.73 Å². The summed E-state index contributed by atoms with van der Waals surface area (Å²) < 4.78 is 1.91. The summed E-state index contributed by atoms with van der Waals surface area (Å²) in [5.41, 5.74) is 10.0. The highest BCUT2D eigenvalue weighted by Gasteiger charge is 2.07. The third-order valence-electron chi connectivity index (χ3n) is 3.10. The summed E-state index contributed by atoms with van der Waals surface area (Å²) in [5, 5.41) is 4.33. The van der Waals surface area contributed by atoms with Gasteiger partial charge in [0.05, 0.1) is 17.4 Å². The molecule has 2 N–H and O–H groups in total. The molecule has 0 saturated carbocycles. The maximum absolute atomic E-state index is 5.84. The van der Waals surface area contributed by atoms with Gasteiger partial charge in [0.1, 0.15) is 5.82 Å². The SMILES string of the molecule is CCc1cc(-c2cccc3ccnn23)cnc1N. The highest BCUT2D eigenvalue weighted by molar-refractivity contribution is 5.65. The van der Waals surface area contributed by atoms with Gasteiger partial charge in [0.2, 0.25) is 0 Å². The molecule has 3 aromatic rings. The topological polar surface area (TPSA) is 56.2 Å². The van der Waals surface area contributed by atoms with E-state index in [9.17, 15) is 0 Å². The van der Waals surface area contributed by atoms with Crippen LogP contribution in [0.4, 0.5) is 5.82 Å². The molecule has 90 valence electrons. The van der Waals surface area contributed by atoms with Crippen LogP contribution in [0.5, 0.6) is 0 Å². The Hall–Kier alpha value is -2.36. The van der Waals surface area contributed by atoms with E-state index in [1.165, 1.54) is 0 Å². The Morgan fingerprint density at radius 1 is 1.28 bits per heavy atom. The molecular formula is C14H14N4. The van der Waals surface area contributed by atoms with Gasteiger partial charge in [0.25, 0.3) is 0 Å². The highest BCUT2D eigenvalue weighted by Crippen LogP contribution is 2.22. The van der Waals surface area contributed by atoms with Crippen LogP contribution >= 0.6 is 0 Å². The van der Waals surface area contributed by atoms with E-state index < -0.39 is 0 Å². The summed E-state index contributed by atoms with van der Waals surface area (Å²) in [4.78, 5) is 4.25.